The Bertz CT molecular complexity index is 174. The van der Waals surface area contributed by atoms with E-state index in [4.69, 9.17) is 0 Å². The van der Waals surface area contributed by atoms with Gasteiger partial charge in [0.1, 0.15) is 0 Å². The molecule has 0 rings (SSSR count). The van der Waals surface area contributed by atoms with Crippen molar-refractivity contribution in [2.75, 3.05) is 18.6 Å². The molecule has 0 aromatic carbocycles. The van der Waals surface area contributed by atoms with E-state index in [0.29, 0.717) is 5.75 Å². The van der Waals surface area contributed by atoms with Gasteiger partial charge in [-0.1, -0.05) is 0 Å². The first-order chi connectivity index (χ1) is 5.57. The van der Waals surface area contributed by atoms with Crippen molar-refractivity contribution in [1.82, 2.24) is 5.32 Å². The molecule has 12 heavy (non-hydrogen) atoms. The molecular formula is C6H12N2O3S. The van der Waals surface area contributed by atoms with Crippen molar-refractivity contribution in [1.29, 1.82) is 0 Å². The van der Waals surface area contributed by atoms with E-state index in [9.17, 15) is 14.7 Å². The van der Waals surface area contributed by atoms with Crippen LogP contribution in [0.1, 0.15) is 0 Å². The normalized spacial score (nSPS) is 12.2. The molecule has 0 fully saturated rings. The van der Waals surface area contributed by atoms with Gasteiger partial charge >= 0.3 is 0 Å². The molecule has 70 valence electrons. The van der Waals surface area contributed by atoms with Crippen LogP contribution in [0.25, 0.3) is 0 Å². The van der Waals surface area contributed by atoms with E-state index in [2.05, 4.69) is 11.1 Å². The minimum absolute atomic E-state index is 0.353. The van der Waals surface area contributed by atoms with Crippen LogP contribution in [0.2, 0.25) is 0 Å². The lowest BCUT2D eigenvalue weighted by Crippen LogP contribution is -2.69. The van der Waals surface area contributed by atoms with Crippen LogP contribution < -0.4 is 16.2 Å². The Labute approximate surface area is 74.7 Å². The van der Waals surface area contributed by atoms with Crippen LogP contribution in [-0.4, -0.2) is 36.5 Å². The highest BCUT2D eigenvalue weighted by Crippen LogP contribution is 1.92. The van der Waals surface area contributed by atoms with Crippen LogP contribution in [0.15, 0.2) is 0 Å². The van der Waals surface area contributed by atoms with E-state index in [0.717, 1.165) is 0 Å². The number of aliphatic carboxylic acids is 1. The van der Waals surface area contributed by atoms with Crippen molar-refractivity contribution >= 4 is 23.6 Å². The van der Waals surface area contributed by atoms with Crippen molar-refractivity contribution < 1.29 is 20.4 Å². The molecule has 1 atom stereocenters. The Morgan fingerprint density at radius 2 is 2.25 bits per heavy atom. The Kier molecular flexibility index (Phi) is 5.48. The summed E-state index contributed by atoms with van der Waals surface area (Å²) >= 11 is 1.49. The number of hydrogen-bond acceptors (Lipinski definition) is 4. The largest absolute Gasteiger partial charge is 0.548 e. The number of nitrogens with one attached hydrogen (secondary N) is 1. The second-order valence-corrected chi connectivity index (χ2v) is 3.15. The summed E-state index contributed by atoms with van der Waals surface area (Å²) in [5.74, 6) is -1.06. The third-order valence-corrected chi connectivity index (χ3v) is 1.88. The number of quaternary nitrogens is 1. The number of thioether (sulfide) groups is 1. The summed E-state index contributed by atoms with van der Waals surface area (Å²) in [5.41, 5.74) is 3.56. The second kappa shape index (κ2) is 5.84. The third-order valence-electron chi connectivity index (χ3n) is 1.15. The number of carbonyl (C=O) groups is 2. The summed E-state index contributed by atoms with van der Waals surface area (Å²) in [4.78, 5) is 20.9. The molecule has 1 amide bonds. The van der Waals surface area contributed by atoms with Crippen LogP contribution in [0.5, 0.6) is 0 Å². The van der Waals surface area contributed by atoms with E-state index in [1.54, 1.807) is 0 Å². The Morgan fingerprint density at radius 3 is 2.67 bits per heavy atom. The molecular weight excluding hydrogens is 180 g/mol. The molecule has 5 nitrogen and oxygen atoms in total. The number of amides is 1. The van der Waals surface area contributed by atoms with Crippen molar-refractivity contribution in [2.24, 2.45) is 0 Å². The van der Waals surface area contributed by atoms with E-state index in [-0.39, 0.29) is 5.91 Å². The van der Waals surface area contributed by atoms with Gasteiger partial charge < -0.3 is 21.0 Å². The molecule has 0 heterocycles. The lowest BCUT2D eigenvalue weighted by molar-refractivity contribution is -0.396. The second-order valence-electron chi connectivity index (χ2n) is 2.24. The van der Waals surface area contributed by atoms with Crippen LogP contribution in [-0.2, 0) is 9.59 Å². The minimum atomic E-state index is -1.29. The molecule has 0 radical (unpaired) electrons. The van der Waals surface area contributed by atoms with Gasteiger partial charge in [0.05, 0.1) is 18.3 Å². The molecule has 4 N–H and O–H groups in total. The highest BCUT2D eigenvalue weighted by Gasteiger charge is 2.14. The zero-order chi connectivity index (χ0) is 9.56. The van der Waals surface area contributed by atoms with E-state index < -0.39 is 18.6 Å². The van der Waals surface area contributed by atoms with Crippen molar-refractivity contribution in [2.45, 2.75) is 6.04 Å². The number of carboxylic acid groups (broad SMARTS) is 1. The smallest absolute Gasteiger partial charge is 0.279 e. The molecule has 0 aliphatic rings. The van der Waals surface area contributed by atoms with Gasteiger partial charge in [-0.3, -0.25) is 4.79 Å². The molecule has 0 aromatic rings. The van der Waals surface area contributed by atoms with Crippen LogP contribution in [0.4, 0.5) is 0 Å². The maximum Gasteiger partial charge on any atom is 0.279 e. The summed E-state index contributed by atoms with van der Waals surface area (Å²) in [6.07, 6.45) is 1.85. The Hall–Kier alpha value is -0.750. The summed E-state index contributed by atoms with van der Waals surface area (Å²) in [6.45, 7) is -0.445. The lowest BCUT2D eigenvalue weighted by Gasteiger charge is -2.08. The maximum absolute atomic E-state index is 11.0. The van der Waals surface area contributed by atoms with Crippen molar-refractivity contribution in [3.05, 3.63) is 0 Å². The third kappa shape index (κ3) is 4.97. The minimum Gasteiger partial charge on any atom is -0.548 e. The molecule has 0 saturated carbocycles. The number of carbonyl (C=O) groups excluding carboxylic acids is 2. The zero-order valence-electron chi connectivity index (χ0n) is 6.83. The van der Waals surface area contributed by atoms with Gasteiger partial charge in [0.15, 0.2) is 6.04 Å². The molecule has 0 aromatic heterocycles. The number of rotatable bonds is 5. The Balaban J connectivity index is 3.64. The lowest BCUT2D eigenvalue weighted by atomic mass is 10.3. The summed E-state index contributed by atoms with van der Waals surface area (Å²) in [5, 5.41) is 12.1. The molecule has 0 unspecified atom stereocenters. The van der Waals surface area contributed by atoms with E-state index >= 15 is 0 Å². The summed E-state index contributed by atoms with van der Waals surface area (Å²) in [6, 6.07) is -0.403. The molecule has 0 saturated heterocycles. The van der Waals surface area contributed by atoms with Gasteiger partial charge in [0.25, 0.3) is 5.91 Å². The monoisotopic (exact) mass is 192 g/mol. The van der Waals surface area contributed by atoms with Crippen LogP contribution >= 0.6 is 11.8 Å². The van der Waals surface area contributed by atoms with Gasteiger partial charge in [-0.15, -0.1) is 0 Å². The van der Waals surface area contributed by atoms with Crippen LogP contribution in [0, 0.1) is 0 Å². The number of hydrogen-bond donors (Lipinski definition) is 2. The average molecular weight is 192 g/mol. The number of carboxylic acids is 1. The van der Waals surface area contributed by atoms with Gasteiger partial charge in [0.2, 0.25) is 0 Å². The van der Waals surface area contributed by atoms with Crippen molar-refractivity contribution in [3.8, 4) is 0 Å². The van der Waals surface area contributed by atoms with Gasteiger partial charge in [-0.25, -0.2) is 0 Å². The SMILES string of the molecule is CSC[C@H]([NH3+])C(=O)NCC(=O)[O-]. The fourth-order valence-electron chi connectivity index (χ4n) is 0.580. The van der Waals surface area contributed by atoms with Gasteiger partial charge in [-0.05, 0) is 6.26 Å². The quantitative estimate of drug-likeness (QED) is 0.480. The topological polar surface area (TPSA) is 96.9 Å². The first-order valence-electron chi connectivity index (χ1n) is 3.37. The zero-order valence-corrected chi connectivity index (χ0v) is 7.65. The van der Waals surface area contributed by atoms with E-state index in [1.165, 1.54) is 11.8 Å². The maximum atomic E-state index is 11.0. The molecule has 0 bridgehead atoms. The summed E-state index contributed by atoms with van der Waals surface area (Å²) in [7, 11) is 0. The standard InChI is InChI=1S/C6H12N2O3S/c1-12-3-4(7)6(11)8-2-5(9)10/h4H,2-3,7H2,1H3,(H,8,11)(H,9,10)/t4-/m0/s1. The summed E-state index contributed by atoms with van der Waals surface area (Å²) < 4.78 is 0. The fourth-order valence-corrected chi connectivity index (χ4v) is 1.13. The predicted octanol–water partition coefficient (Wildman–Crippen LogP) is -3.17. The highest BCUT2D eigenvalue weighted by molar-refractivity contribution is 7.98. The van der Waals surface area contributed by atoms with Crippen LogP contribution in [0.3, 0.4) is 0 Å². The Morgan fingerprint density at radius 1 is 1.67 bits per heavy atom. The van der Waals surface area contributed by atoms with E-state index in [1.807, 2.05) is 6.26 Å². The molecule has 0 aliphatic heterocycles. The predicted molar refractivity (Wildman–Crippen MR) is 43.1 cm³/mol. The molecule has 0 spiro atoms. The molecule has 0 aliphatic carbocycles. The van der Waals surface area contributed by atoms with Gasteiger partial charge in [-0.2, -0.15) is 11.8 Å². The fraction of sp³-hybridized carbons (Fsp3) is 0.667. The van der Waals surface area contributed by atoms with Gasteiger partial charge in [0, 0.05) is 0 Å². The average Bonchev–Trinajstić information content (AvgIpc) is 2.00. The first kappa shape index (κ1) is 11.2. The highest BCUT2D eigenvalue weighted by atomic mass is 32.2. The first-order valence-corrected chi connectivity index (χ1v) is 4.77. The van der Waals surface area contributed by atoms with Crippen molar-refractivity contribution in [3.63, 3.8) is 0 Å². The molecule has 6 heteroatoms.